The minimum atomic E-state index is -4.47. The summed E-state index contributed by atoms with van der Waals surface area (Å²) in [5, 5.41) is 13.0. The van der Waals surface area contributed by atoms with Gasteiger partial charge in [-0.1, -0.05) is 0 Å². The number of aliphatic hydroxyl groups is 1. The van der Waals surface area contributed by atoms with Gasteiger partial charge in [0.2, 0.25) is 5.91 Å². The lowest BCUT2D eigenvalue weighted by molar-refractivity contribution is -0.162. The molecule has 0 saturated heterocycles. The predicted octanol–water partition coefficient (Wildman–Crippen LogP) is 1.35. The van der Waals surface area contributed by atoms with Crippen LogP contribution < -0.4 is 0 Å². The van der Waals surface area contributed by atoms with Gasteiger partial charge in [0.1, 0.15) is 6.54 Å². The molecule has 1 N–H and O–H groups in total. The summed E-state index contributed by atoms with van der Waals surface area (Å²) < 4.78 is 38.9. The smallest absolute Gasteiger partial charge is 0.395 e. The molecular formula is C13H20F3N3O2. The van der Waals surface area contributed by atoms with E-state index in [2.05, 4.69) is 5.10 Å². The second kappa shape index (κ2) is 6.93. The fourth-order valence-electron chi connectivity index (χ4n) is 2.20. The normalized spacial score (nSPS) is 11.8. The molecule has 0 aromatic carbocycles. The van der Waals surface area contributed by atoms with Gasteiger partial charge in [0.25, 0.3) is 0 Å². The molecule has 0 radical (unpaired) electrons. The third kappa shape index (κ3) is 5.04. The summed E-state index contributed by atoms with van der Waals surface area (Å²) in [5.41, 5.74) is 2.54. The van der Waals surface area contributed by atoms with Crippen molar-refractivity contribution in [2.45, 2.75) is 32.9 Å². The zero-order chi connectivity index (χ0) is 16.2. The molecule has 0 aliphatic carbocycles. The fraction of sp³-hybridized carbons (Fsp3) is 0.692. The molecule has 1 heterocycles. The van der Waals surface area contributed by atoms with Gasteiger partial charge in [0, 0.05) is 25.7 Å². The monoisotopic (exact) mass is 307 g/mol. The standard InChI is InChI=1S/C13H20F3N3O2/c1-9-11(10(2)18(3)17-9)4-5-12(21)19(6-7-20)8-13(14,15)16/h20H,4-8H2,1-3H3. The van der Waals surface area contributed by atoms with E-state index in [-0.39, 0.29) is 13.0 Å². The van der Waals surface area contributed by atoms with Gasteiger partial charge in [-0.05, 0) is 25.8 Å². The molecule has 1 amide bonds. The summed E-state index contributed by atoms with van der Waals surface area (Å²) in [7, 11) is 1.77. The number of rotatable bonds is 6. The predicted molar refractivity (Wildman–Crippen MR) is 70.7 cm³/mol. The van der Waals surface area contributed by atoms with E-state index < -0.39 is 25.2 Å². The van der Waals surface area contributed by atoms with Crippen LogP contribution in [0.15, 0.2) is 0 Å². The number of carbonyl (C=O) groups is 1. The van der Waals surface area contributed by atoms with Crippen LogP contribution in [-0.4, -0.2) is 51.6 Å². The molecule has 1 aromatic rings. The van der Waals surface area contributed by atoms with Gasteiger partial charge in [0.05, 0.1) is 12.3 Å². The van der Waals surface area contributed by atoms with Crippen molar-refractivity contribution < 1.29 is 23.1 Å². The maximum atomic E-state index is 12.4. The SMILES string of the molecule is Cc1nn(C)c(C)c1CCC(=O)N(CCO)CC(F)(F)F. The minimum absolute atomic E-state index is 0.0382. The van der Waals surface area contributed by atoms with Crippen molar-refractivity contribution in [2.24, 2.45) is 7.05 Å². The lowest BCUT2D eigenvalue weighted by atomic mass is 10.1. The number of amides is 1. The lowest BCUT2D eigenvalue weighted by Crippen LogP contribution is -2.40. The van der Waals surface area contributed by atoms with Crippen LogP contribution in [0.25, 0.3) is 0 Å². The van der Waals surface area contributed by atoms with E-state index in [1.165, 1.54) is 0 Å². The molecule has 0 saturated carbocycles. The number of aryl methyl sites for hydroxylation is 2. The lowest BCUT2D eigenvalue weighted by Gasteiger charge is -2.23. The number of nitrogens with zero attached hydrogens (tertiary/aromatic N) is 3. The maximum Gasteiger partial charge on any atom is 0.406 e. The number of carbonyl (C=O) groups excluding carboxylic acids is 1. The summed E-state index contributed by atoms with van der Waals surface area (Å²) in [6.45, 7) is 1.50. The number of hydrogen-bond donors (Lipinski definition) is 1. The van der Waals surface area contributed by atoms with E-state index in [0.717, 1.165) is 17.0 Å². The van der Waals surface area contributed by atoms with Crippen LogP contribution in [0.5, 0.6) is 0 Å². The van der Waals surface area contributed by atoms with Gasteiger partial charge in [-0.25, -0.2) is 0 Å². The molecule has 0 fully saturated rings. The van der Waals surface area contributed by atoms with E-state index in [1.807, 2.05) is 6.92 Å². The average Bonchev–Trinajstić information content (AvgIpc) is 2.59. The van der Waals surface area contributed by atoms with Gasteiger partial charge in [-0.3, -0.25) is 9.48 Å². The Labute approximate surface area is 121 Å². The van der Waals surface area contributed by atoms with E-state index in [9.17, 15) is 18.0 Å². The highest BCUT2D eigenvalue weighted by Gasteiger charge is 2.32. The highest BCUT2D eigenvalue weighted by molar-refractivity contribution is 5.76. The molecule has 0 aliphatic rings. The van der Waals surface area contributed by atoms with Crippen molar-refractivity contribution in [1.82, 2.24) is 14.7 Å². The molecule has 0 aliphatic heterocycles. The van der Waals surface area contributed by atoms with E-state index in [4.69, 9.17) is 5.11 Å². The second-order valence-electron chi connectivity index (χ2n) is 4.93. The quantitative estimate of drug-likeness (QED) is 0.863. The molecule has 0 atom stereocenters. The van der Waals surface area contributed by atoms with Crippen LogP contribution in [0.4, 0.5) is 13.2 Å². The van der Waals surface area contributed by atoms with Crippen LogP contribution in [0.3, 0.4) is 0 Å². The Hall–Kier alpha value is -1.57. The largest absolute Gasteiger partial charge is 0.406 e. The number of aromatic nitrogens is 2. The highest BCUT2D eigenvalue weighted by atomic mass is 19.4. The number of hydrogen-bond acceptors (Lipinski definition) is 3. The van der Waals surface area contributed by atoms with Crippen LogP contribution in [0.1, 0.15) is 23.4 Å². The molecule has 5 nitrogen and oxygen atoms in total. The van der Waals surface area contributed by atoms with Gasteiger partial charge >= 0.3 is 6.18 Å². The first-order chi connectivity index (χ1) is 9.65. The summed E-state index contributed by atoms with van der Waals surface area (Å²) in [6, 6.07) is 0. The molecule has 0 bridgehead atoms. The number of aliphatic hydroxyl groups excluding tert-OH is 1. The Kier molecular flexibility index (Phi) is 5.77. The fourth-order valence-corrected chi connectivity index (χ4v) is 2.20. The molecule has 1 rings (SSSR count). The molecular weight excluding hydrogens is 287 g/mol. The van der Waals surface area contributed by atoms with Crippen molar-refractivity contribution in [1.29, 1.82) is 0 Å². The molecule has 1 aromatic heterocycles. The number of halogens is 3. The molecule has 0 unspecified atom stereocenters. The Balaban J connectivity index is 2.69. The summed E-state index contributed by atoms with van der Waals surface area (Å²) >= 11 is 0. The first-order valence-corrected chi connectivity index (χ1v) is 6.60. The third-order valence-corrected chi connectivity index (χ3v) is 3.34. The topological polar surface area (TPSA) is 58.4 Å². The minimum Gasteiger partial charge on any atom is -0.395 e. The van der Waals surface area contributed by atoms with E-state index >= 15 is 0 Å². The Morgan fingerprint density at radius 3 is 2.43 bits per heavy atom. The van der Waals surface area contributed by atoms with Gasteiger partial charge in [-0.15, -0.1) is 0 Å². The van der Waals surface area contributed by atoms with Crippen molar-refractivity contribution in [2.75, 3.05) is 19.7 Å². The van der Waals surface area contributed by atoms with Crippen LogP contribution in [0, 0.1) is 13.8 Å². The third-order valence-electron chi connectivity index (χ3n) is 3.34. The molecule has 0 spiro atoms. The molecule has 21 heavy (non-hydrogen) atoms. The van der Waals surface area contributed by atoms with Crippen molar-refractivity contribution in [3.05, 3.63) is 17.0 Å². The zero-order valence-corrected chi connectivity index (χ0v) is 12.4. The summed E-state index contributed by atoms with van der Waals surface area (Å²) in [6.07, 6.45) is -4.17. The highest BCUT2D eigenvalue weighted by Crippen LogP contribution is 2.18. The van der Waals surface area contributed by atoms with Crippen molar-refractivity contribution >= 4 is 5.91 Å². The summed E-state index contributed by atoms with van der Waals surface area (Å²) in [4.78, 5) is 12.5. The maximum absolute atomic E-state index is 12.4. The first-order valence-electron chi connectivity index (χ1n) is 6.60. The zero-order valence-electron chi connectivity index (χ0n) is 12.4. The van der Waals surface area contributed by atoms with Crippen molar-refractivity contribution in [3.63, 3.8) is 0 Å². The van der Waals surface area contributed by atoms with Crippen LogP contribution in [0.2, 0.25) is 0 Å². The van der Waals surface area contributed by atoms with Gasteiger partial charge in [0.15, 0.2) is 0 Å². The van der Waals surface area contributed by atoms with E-state index in [0.29, 0.717) is 11.3 Å². The average molecular weight is 307 g/mol. The van der Waals surface area contributed by atoms with Gasteiger partial charge < -0.3 is 10.0 Å². The number of alkyl halides is 3. The summed E-state index contributed by atoms with van der Waals surface area (Å²) in [5.74, 6) is -0.621. The molecule has 8 heteroatoms. The molecule has 120 valence electrons. The first kappa shape index (κ1) is 17.5. The van der Waals surface area contributed by atoms with E-state index in [1.54, 1.807) is 18.7 Å². The van der Waals surface area contributed by atoms with Gasteiger partial charge in [-0.2, -0.15) is 18.3 Å². The van der Waals surface area contributed by atoms with Crippen LogP contribution in [-0.2, 0) is 18.3 Å². The van der Waals surface area contributed by atoms with Crippen LogP contribution >= 0.6 is 0 Å². The Bertz CT molecular complexity index is 498. The Morgan fingerprint density at radius 2 is 2.00 bits per heavy atom. The second-order valence-corrected chi connectivity index (χ2v) is 4.93. The van der Waals surface area contributed by atoms with Crippen molar-refractivity contribution in [3.8, 4) is 0 Å². The Morgan fingerprint density at radius 1 is 1.38 bits per heavy atom.